The van der Waals surface area contributed by atoms with Crippen molar-refractivity contribution in [2.75, 3.05) is 5.32 Å². The highest BCUT2D eigenvalue weighted by Gasteiger charge is 2.19. The van der Waals surface area contributed by atoms with Crippen LogP contribution in [-0.2, 0) is 11.3 Å². The van der Waals surface area contributed by atoms with Crippen LogP contribution in [0.3, 0.4) is 0 Å². The number of nitrogens with zero attached hydrogens (tertiary/aromatic N) is 4. The molecule has 0 aliphatic rings. The molecule has 4 aromatic rings. The van der Waals surface area contributed by atoms with Crippen molar-refractivity contribution >= 4 is 44.2 Å². The van der Waals surface area contributed by atoms with Crippen LogP contribution in [0, 0.1) is 0 Å². The van der Waals surface area contributed by atoms with E-state index in [0.717, 1.165) is 15.8 Å². The lowest BCUT2D eigenvalue weighted by molar-refractivity contribution is -0.116. The number of amides is 1. The van der Waals surface area contributed by atoms with Gasteiger partial charge in [0.2, 0.25) is 11.6 Å². The summed E-state index contributed by atoms with van der Waals surface area (Å²) in [5, 5.41) is 11.1. The Morgan fingerprint density at radius 3 is 2.43 bits per heavy atom. The summed E-state index contributed by atoms with van der Waals surface area (Å²) in [5.74, 6) is 0.534. The minimum atomic E-state index is -0.343. The summed E-state index contributed by atoms with van der Waals surface area (Å²) in [7, 11) is 0. The second kappa shape index (κ2) is 7.20. The molecule has 1 amide bonds. The molecule has 0 saturated heterocycles. The molecule has 1 N–H and O–H groups in total. The molecule has 8 heteroatoms. The fourth-order valence-electron chi connectivity index (χ4n) is 3.19. The van der Waals surface area contributed by atoms with E-state index in [-0.39, 0.29) is 29.6 Å². The lowest BCUT2D eigenvalue weighted by Crippen LogP contribution is -2.29. The van der Waals surface area contributed by atoms with Gasteiger partial charge in [0, 0.05) is 16.1 Å². The SMILES string of the molecule is CC(C)c1nnc2c(=O)n(CC(=O)Nc3ccc(Br)cc3)c3ccccc3n12. The Morgan fingerprint density at radius 2 is 1.75 bits per heavy atom. The zero-order valence-corrected chi connectivity index (χ0v) is 17.0. The highest BCUT2D eigenvalue weighted by Crippen LogP contribution is 2.20. The van der Waals surface area contributed by atoms with E-state index in [1.807, 2.05) is 50.2 Å². The van der Waals surface area contributed by atoms with Crippen molar-refractivity contribution in [3.63, 3.8) is 0 Å². The Kier molecular flexibility index (Phi) is 4.72. The molecule has 142 valence electrons. The van der Waals surface area contributed by atoms with Crippen LogP contribution in [-0.4, -0.2) is 25.1 Å². The summed E-state index contributed by atoms with van der Waals surface area (Å²) in [6.45, 7) is 3.89. The van der Waals surface area contributed by atoms with Crippen LogP contribution in [0.15, 0.2) is 57.8 Å². The fourth-order valence-corrected chi connectivity index (χ4v) is 3.46. The van der Waals surface area contributed by atoms with Gasteiger partial charge in [-0.05, 0) is 36.4 Å². The lowest BCUT2D eigenvalue weighted by Gasteiger charge is -2.13. The van der Waals surface area contributed by atoms with E-state index in [1.54, 1.807) is 16.5 Å². The number of hydrogen-bond acceptors (Lipinski definition) is 4. The van der Waals surface area contributed by atoms with Gasteiger partial charge in [0.25, 0.3) is 5.56 Å². The largest absolute Gasteiger partial charge is 0.325 e. The number of halogens is 1. The standard InChI is InChI=1S/C20H18BrN5O2/c1-12(2)18-23-24-19-20(28)25(15-5-3-4-6-16(15)26(18)19)11-17(27)22-14-9-7-13(21)8-10-14/h3-10,12H,11H2,1-2H3,(H,22,27). The van der Waals surface area contributed by atoms with Crippen LogP contribution in [0.25, 0.3) is 16.7 Å². The smallest absolute Gasteiger partial charge is 0.297 e. The van der Waals surface area contributed by atoms with Gasteiger partial charge in [-0.3, -0.25) is 18.6 Å². The molecule has 0 saturated carbocycles. The Balaban J connectivity index is 1.80. The number of aromatic nitrogens is 4. The minimum Gasteiger partial charge on any atom is -0.325 e. The van der Waals surface area contributed by atoms with Gasteiger partial charge >= 0.3 is 0 Å². The number of carbonyl (C=O) groups excluding carboxylic acids is 1. The van der Waals surface area contributed by atoms with Gasteiger partial charge in [-0.1, -0.05) is 41.9 Å². The van der Waals surface area contributed by atoms with Gasteiger partial charge in [-0.15, -0.1) is 10.2 Å². The first-order valence-electron chi connectivity index (χ1n) is 8.87. The van der Waals surface area contributed by atoms with Gasteiger partial charge in [-0.2, -0.15) is 0 Å². The average Bonchev–Trinajstić information content (AvgIpc) is 3.13. The van der Waals surface area contributed by atoms with E-state index in [2.05, 4.69) is 31.4 Å². The normalized spacial score (nSPS) is 11.4. The van der Waals surface area contributed by atoms with Crippen LogP contribution >= 0.6 is 15.9 Å². The fraction of sp³-hybridized carbons (Fsp3) is 0.200. The van der Waals surface area contributed by atoms with Crippen LogP contribution in [0.1, 0.15) is 25.6 Å². The molecule has 0 unspecified atom stereocenters. The van der Waals surface area contributed by atoms with E-state index >= 15 is 0 Å². The maximum absolute atomic E-state index is 13.1. The first-order valence-corrected chi connectivity index (χ1v) is 9.67. The molecule has 2 heterocycles. The van der Waals surface area contributed by atoms with Crippen molar-refractivity contribution in [1.82, 2.24) is 19.2 Å². The second-order valence-electron chi connectivity index (χ2n) is 6.81. The number of nitrogens with one attached hydrogen (secondary N) is 1. The number of fused-ring (bicyclic) bond motifs is 3. The summed E-state index contributed by atoms with van der Waals surface area (Å²) in [6, 6.07) is 14.7. The Morgan fingerprint density at radius 1 is 1.07 bits per heavy atom. The predicted molar refractivity (Wildman–Crippen MR) is 112 cm³/mol. The van der Waals surface area contributed by atoms with Gasteiger partial charge < -0.3 is 5.32 Å². The molecule has 2 aromatic heterocycles. The van der Waals surface area contributed by atoms with Gasteiger partial charge in [-0.25, -0.2) is 0 Å². The molecule has 0 spiro atoms. The molecule has 28 heavy (non-hydrogen) atoms. The molecular weight excluding hydrogens is 422 g/mol. The third-order valence-corrected chi connectivity index (χ3v) is 5.01. The number of rotatable bonds is 4. The monoisotopic (exact) mass is 439 g/mol. The van der Waals surface area contributed by atoms with Crippen molar-refractivity contribution in [1.29, 1.82) is 0 Å². The maximum atomic E-state index is 13.1. The van der Waals surface area contributed by atoms with Crippen molar-refractivity contribution in [3.05, 3.63) is 69.2 Å². The molecule has 0 bridgehead atoms. The first kappa shape index (κ1) is 18.4. The van der Waals surface area contributed by atoms with Crippen LogP contribution in [0.5, 0.6) is 0 Å². The molecule has 0 aliphatic heterocycles. The predicted octanol–water partition coefficient (Wildman–Crippen LogP) is 3.57. The second-order valence-corrected chi connectivity index (χ2v) is 7.72. The first-order chi connectivity index (χ1) is 13.5. The molecule has 0 fully saturated rings. The van der Waals surface area contributed by atoms with Crippen molar-refractivity contribution in [2.45, 2.75) is 26.3 Å². The van der Waals surface area contributed by atoms with E-state index < -0.39 is 0 Å². The zero-order chi connectivity index (χ0) is 19.8. The van der Waals surface area contributed by atoms with Gasteiger partial charge in [0.05, 0.1) is 11.0 Å². The van der Waals surface area contributed by atoms with Crippen molar-refractivity contribution in [3.8, 4) is 0 Å². The molecule has 2 aromatic carbocycles. The number of para-hydroxylation sites is 2. The summed E-state index contributed by atoms with van der Waals surface area (Å²) in [5.41, 5.74) is 1.99. The van der Waals surface area contributed by atoms with Gasteiger partial charge in [0.1, 0.15) is 12.4 Å². The lowest BCUT2D eigenvalue weighted by atomic mass is 10.2. The summed E-state index contributed by atoms with van der Waals surface area (Å²) >= 11 is 3.36. The van der Waals surface area contributed by atoms with Crippen LogP contribution < -0.4 is 10.9 Å². The molecule has 0 radical (unpaired) electrons. The summed E-state index contributed by atoms with van der Waals surface area (Å²) in [6.07, 6.45) is 0. The highest BCUT2D eigenvalue weighted by atomic mass is 79.9. The average molecular weight is 440 g/mol. The van der Waals surface area contributed by atoms with E-state index in [0.29, 0.717) is 11.2 Å². The molecule has 0 atom stereocenters. The third-order valence-electron chi connectivity index (χ3n) is 4.48. The summed E-state index contributed by atoms with van der Waals surface area (Å²) in [4.78, 5) is 25.7. The highest BCUT2D eigenvalue weighted by molar-refractivity contribution is 9.10. The zero-order valence-electron chi connectivity index (χ0n) is 15.4. The molecule has 0 aliphatic carbocycles. The Labute approximate surface area is 169 Å². The minimum absolute atomic E-state index is 0.106. The van der Waals surface area contributed by atoms with E-state index in [9.17, 15) is 9.59 Å². The summed E-state index contributed by atoms with van der Waals surface area (Å²) < 4.78 is 4.15. The van der Waals surface area contributed by atoms with Crippen LogP contribution in [0.4, 0.5) is 5.69 Å². The number of carbonyl (C=O) groups is 1. The molecular formula is C20H18BrN5O2. The Bertz CT molecular complexity index is 1240. The molecule has 4 rings (SSSR count). The van der Waals surface area contributed by atoms with Crippen molar-refractivity contribution in [2.24, 2.45) is 0 Å². The van der Waals surface area contributed by atoms with E-state index in [4.69, 9.17) is 0 Å². The topological polar surface area (TPSA) is 81.3 Å². The number of anilines is 1. The number of hydrogen-bond donors (Lipinski definition) is 1. The number of benzene rings is 2. The Hall–Kier alpha value is -3.00. The third kappa shape index (κ3) is 3.20. The van der Waals surface area contributed by atoms with Crippen molar-refractivity contribution < 1.29 is 4.79 Å². The maximum Gasteiger partial charge on any atom is 0.297 e. The quantitative estimate of drug-likeness (QED) is 0.526. The molecule has 7 nitrogen and oxygen atoms in total. The van der Waals surface area contributed by atoms with Crippen LogP contribution in [0.2, 0.25) is 0 Å². The van der Waals surface area contributed by atoms with E-state index in [1.165, 1.54) is 4.57 Å². The van der Waals surface area contributed by atoms with Gasteiger partial charge in [0.15, 0.2) is 0 Å².